The number of esters is 3. The van der Waals surface area contributed by atoms with Gasteiger partial charge in [-0.05, 0) is 117 Å². The number of carbonyl (C=O) groups is 4. The van der Waals surface area contributed by atoms with Crippen LogP contribution in [-0.2, 0) is 53.0 Å². The third kappa shape index (κ3) is 14.4. The molecular formula is C42H55NO9. The Morgan fingerprint density at radius 1 is 0.577 bits per heavy atom. The van der Waals surface area contributed by atoms with Gasteiger partial charge in [0.15, 0.2) is 5.41 Å². The molecule has 3 aromatic carbocycles. The number of amides is 1. The predicted octanol–water partition coefficient (Wildman–Crippen LogP) is 8.28. The van der Waals surface area contributed by atoms with E-state index in [1.807, 2.05) is 84.9 Å². The predicted molar refractivity (Wildman–Crippen MR) is 198 cm³/mol. The Morgan fingerprint density at radius 3 is 1.62 bits per heavy atom. The van der Waals surface area contributed by atoms with Crippen LogP contribution in [0.5, 0.6) is 5.75 Å². The van der Waals surface area contributed by atoms with Crippen LogP contribution in [0.25, 0.3) is 0 Å². The number of ether oxygens (including phenoxy) is 5. The van der Waals surface area contributed by atoms with Gasteiger partial charge in [-0.1, -0.05) is 72.8 Å². The second kappa shape index (κ2) is 18.1. The third-order valence-electron chi connectivity index (χ3n) is 7.65. The molecule has 0 aromatic heterocycles. The normalized spacial score (nSPS) is 13.6. The molecule has 1 N–H and O–H groups in total. The lowest BCUT2D eigenvalue weighted by Crippen LogP contribution is -2.49. The van der Waals surface area contributed by atoms with Crippen molar-refractivity contribution >= 4 is 24.0 Å². The number of aryl methyl sites for hydroxylation is 1. The summed E-state index contributed by atoms with van der Waals surface area (Å²) in [4.78, 5) is 55.0. The molecule has 0 spiro atoms. The monoisotopic (exact) mass is 717 g/mol. The SMILES string of the molecule is CC(C)(C)OC(=O)N[C@@H](CCC(CCc1ccc(OCc2ccccc2)cc1)(C(=O)OCc1ccccc1)C(=O)OC(C)(C)C)C(=O)OC(C)(C)C. The van der Waals surface area contributed by atoms with Crippen LogP contribution < -0.4 is 10.1 Å². The average Bonchev–Trinajstić information content (AvgIpc) is 3.05. The average molecular weight is 718 g/mol. The Balaban J connectivity index is 1.96. The van der Waals surface area contributed by atoms with E-state index in [0.29, 0.717) is 12.4 Å². The zero-order valence-electron chi connectivity index (χ0n) is 32.1. The molecule has 0 aliphatic heterocycles. The van der Waals surface area contributed by atoms with Gasteiger partial charge in [0.05, 0.1) is 0 Å². The van der Waals surface area contributed by atoms with E-state index in [0.717, 1.165) is 16.7 Å². The Bertz CT molecular complexity index is 1600. The summed E-state index contributed by atoms with van der Waals surface area (Å²) in [5.74, 6) is -1.66. The van der Waals surface area contributed by atoms with Crippen LogP contribution >= 0.6 is 0 Å². The number of hydrogen-bond donors (Lipinski definition) is 1. The van der Waals surface area contributed by atoms with Crippen molar-refractivity contribution in [3.63, 3.8) is 0 Å². The molecule has 0 heterocycles. The van der Waals surface area contributed by atoms with E-state index in [1.165, 1.54) is 0 Å². The zero-order valence-corrected chi connectivity index (χ0v) is 32.1. The van der Waals surface area contributed by atoms with Gasteiger partial charge in [0.1, 0.15) is 41.8 Å². The molecule has 1 unspecified atom stereocenters. The van der Waals surface area contributed by atoms with Gasteiger partial charge in [-0.25, -0.2) is 9.59 Å². The first-order chi connectivity index (χ1) is 24.2. The fourth-order valence-electron chi connectivity index (χ4n) is 5.17. The van der Waals surface area contributed by atoms with Gasteiger partial charge in [-0.3, -0.25) is 9.59 Å². The number of benzene rings is 3. The topological polar surface area (TPSA) is 126 Å². The summed E-state index contributed by atoms with van der Waals surface area (Å²) in [6.07, 6.45) is -0.914. The van der Waals surface area contributed by atoms with Crippen LogP contribution in [0.4, 0.5) is 4.79 Å². The van der Waals surface area contributed by atoms with Crippen LogP contribution in [-0.4, -0.2) is 46.8 Å². The fourth-order valence-corrected chi connectivity index (χ4v) is 5.17. The summed E-state index contributed by atoms with van der Waals surface area (Å²) in [6, 6.07) is 25.1. The van der Waals surface area contributed by atoms with Crippen molar-refractivity contribution in [2.24, 2.45) is 5.41 Å². The van der Waals surface area contributed by atoms with E-state index < -0.39 is 52.3 Å². The molecule has 0 saturated heterocycles. The lowest BCUT2D eigenvalue weighted by Gasteiger charge is -2.34. The molecule has 0 aliphatic carbocycles. The molecule has 1 amide bonds. The molecule has 0 aliphatic rings. The lowest BCUT2D eigenvalue weighted by molar-refractivity contribution is -0.182. The molecular weight excluding hydrogens is 662 g/mol. The number of rotatable bonds is 15. The maximum Gasteiger partial charge on any atom is 0.408 e. The maximum atomic E-state index is 14.3. The lowest BCUT2D eigenvalue weighted by atomic mass is 9.76. The second-order valence-electron chi connectivity index (χ2n) is 15.8. The van der Waals surface area contributed by atoms with E-state index in [4.69, 9.17) is 23.7 Å². The summed E-state index contributed by atoms with van der Waals surface area (Å²) >= 11 is 0. The van der Waals surface area contributed by atoms with Crippen molar-refractivity contribution in [1.82, 2.24) is 5.32 Å². The standard InChI is InChI=1S/C42H55NO9/c1-39(2,3)50-35(44)34(43-38(47)52-41(7,8)9)25-27-42(37(46)51-40(4,5)6,36(45)49-29-32-18-14-11-15-19-32)26-24-30-20-22-33(23-21-30)48-28-31-16-12-10-13-17-31/h10-23,34H,24-29H2,1-9H3,(H,43,47)/t34-,42?/m0/s1. The highest BCUT2D eigenvalue weighted by molar-refractivity contribution is 6.00. The van der Waals surface area contributed by atoms with Crippen LogP contribution in [0.1, 0.15) is 98.3 Å². The highest BCUT2D eigenvalue weighted by atomic mass is 16.6. The number of alkyl carbamates (subject to hydrolysis) is 1. The van der Waals surface area contributed by atoms with Crippen molar-refractivity contribution in [2.75, 3.05) is 0 Å². The molecule has 2 atom stereocenters. The van der Waals surface area contributed by atoms with Gasteiger partial charge in [0.25, 0.3) is 0 Å². The van der Waals surface area contributed by atoms with Gasteiger partial charge >= 0.3 is 24.0 Å². The van der Waals surface area contributed by atoms with Gasteiger partial charge < -0.3 is 29.0 Å². The van der Waals surface area contributed by atoms with Crippen LogP contribution in [0.15, 0.2) is 84.9 Å². The smallest absolute Gasteiger partial charge is 0.408 e. The molecule has 0 bridgehead atoms. The van der Waals surface area contributed by atoms with Crippen molar-refractivity contribution in [2.45, 2.75) is 124 Å². The number of carbonyl (C=O) groups excluding carboxylic acids is 4. The summed E-state index contributed by atoms with van der Waals surface area (Å²) in [5.41, 5.74) is -1.91. The molecule has 0 fully saturated rings. The summed E-state index contributed by atoms with van der Waals surface area (Å²) in [7, 11) is 0. The van der Waals surface area contributed by atoms with E-state index in [1.54, 1.807) is 62.3 Å². The summed E-state index contributed by atoms with van der Waals surface area (Å²) < 4.78 is 28.8. The zero-order chi connectivity index (χ0) is 38.6. The molecule has 10 nitrogen and oxygen atoms in total. The first-order valence-corrected chi connectivity index (χ1v) is 17.7. The van der Waals surface area contributed by atoms with E-state index >= 15 is 0 Å². The maximum absolute atomic E-state index is 14.3. The largest absolute Gasteiger partial charge is 0.489 e. The summed E-state index contributed by atoms with van der Waals surface area (Å²) in [5, 5.41) is 2.60. The van der Waals surface area contributed by atoms with Crippen molar-refractivity contribution in [1.29, 1.82) is 0 Å². The Morgan fingerprint density at radius 2 is 1.10 bits per heavy atom. The third-order valence-corrected chi connectivity index (χ3v) is 7.65. The fraction of sp³-hybridized carbons (Fsp3) is 0.476. The molecule has 3 aromatic rings. The minimum Gasteiger partial charge on any atom is -0.489 e. The second-order valence-corrected chi connectivity index (χ2v) is 15.8. The van der Waals surface area contributed by atoms with Crippen LogP contribution in [0.3, 0.4) is 0 Å². The molecule has 10 heteroatoms. The minimum atomic E-state index is -1.86. The highest BCUT2D eigenvalue weighted by Gasteiger charge is 2.50. The van der Waals surface area contributed by atoms with E-state index in [-0.39, 0.29) is 32.3 Å². The van der Waals surface area contributed by atoms with Gasteiger partial charge in [-0.15, -0.1) is 0 Å². The number of hydrogen-bond acceptors (Lipinski definition) is 9. The first kappa shape index (κ1) is 41.6. The van der Waals surface area contributed by atoms with Crippen LogP contribution in [0, 0.1) is 5.41 Å². The van der Waals surface area contributed by atoms with E-state index in [9.17, 15) is 19.2 Å². The molecule has 3 rings (SSSR count). The highest BCUT2D eigenvalue weighted by Crippen LogP contribution is 2.37. The first-order valence-electron chi connectivity index (χ1n) is 17.7. The molecule has 0 saturated carbocycles. The van der Waals surface area contributed by atoms with Gasteiger partial charge in [0.2, 0.25) is 0 Å². The Hall–Kier alpha value is -4.86. The summed E-state index contributed by atoms with van der Waals surface area (Å²) in [6.45, 7) is 15.7. The molecule has 52 heavy (non-hydrogen) atoms. The van der Waals surface area contributed by atoms with Gasteiger partial charge in [0, 0.05) is 0 Å². The van der Waals surface area contributed by atoms with Crippen molar-refractivity contribution in [3.05, 3.63) is 102 Å². The van der Waals surface area contributed by atoms with Crippen molar-refractivity contribution in [3.8, 4) is 5.75 Å². The minimum absolute atomic E-state index is 0.00671. The molecule has 0 radical (unpaired) electrons. The van der Waals surface area contributed by atoms with E-state index in [2.05, 4.69) is 5.32 Å². The molecule has 282 valence electrons. The Kier molecular flexibility index (Phi) is 14.4. The number of nitrogens with one attached hydrogen (secondary N) is 1. The Labute approximate surface area is 308 Å². The van der Waals surface area contributed by atoms with Gasteiger partial charge in [-0.2, -0.15) is 0 Å². The quantitative estimate of drug-likeness (QED) is 0.0939. The van der Waals surface area contributed by atoms with Crippen molar-refractivity contribution < 1.29 is 42.9 Å². The van der Waals surface area contributed by atoms with Crippen LogP contribution in [0.2, 0.25) is 0 Å².